The standard InChI is InChI=1S/C49H30F3N5/c50-49(51,52)47-23-24-55-46(30-53-48(55)54-47)35-26-33(31-19-21-44-40(28-31)38-15-7-9-17-42(38)56(44)36-11-3-1-4-12-36)25-34(27-35)32-20-22-45-41(29-32)39-16-8-10-18-43(39)57(45)37-13-5-2-6-14-37/h1-30H. The van der Waals surface area contributed by atoms with Gasteiger partial charge in [-0.25, -0.2) is 9.97 Å². The van der Waals surface area contributed by atoms with Gasteiger partial charge in [0.05, 0.1) is 34.0 Å². The summed E-state index contributed by atoms with van der Waals surface area (Å²) >= 11 is 0. The van der Waals surface area contributed by atoms with Gasteiger partial charge >= 0.3 is 6.18 Å². The van der Waals surface area contributed by atoms with Crippen molar-refractivity contribution < 1.29 is 13.2 Å². The van der Waals surface area contributed by atoms with Gasteiger partial charge in [0.1, 0.15) is 5.69 Å². The van der Waals surface area contributed by atoms with E-state index < -0.39 is 11.9 Å². The van der Waals surface area contributed by atoms with E-state index in [1.807, 2.05) is 36.4 Å². The van der Waals surface area contributed by atoms with E-state index in [0.717, 1.165) is 88.9 Å². The molecule has 4 aromatic heterocycles. The van der Waals surface area contributed by atoms with Crippen LogP contribution in [0.25, 0.3) is 94.3 Å². The van der Waals surface area contributed by atoms with Crippen LogP contribution in [-0.2, 0) is 6.18 Å². The van der Waals surface area contributed by atoms with Crippen LogP contribution in [0.5, 0.6) is 0 Å². The van der Waals surface area contributed by atoms with Gasteiger partial charge in [-0.2, -0.15) is 13.2 Å². The average molecular weight is 746 g/mol. The number of benzene rings is 7. The number of rotatable bonds is 5. The molecule has 4 heterocycles. The first kappa shape index (κ1) is 32.9. The van der Waals surface area contributed by atoms with Crippen molar-refractivity contribution in [1.29, 1.82) is 0 Å². The highest BCUT2D eigenvalue weighted by atomic mass is 19.4. The summed E-state index contributed by atoms with van der Waals surface area (Å²) in [6.45, 7) is 0. The molecule has 5 nitrogen and oxygen atoms in total. The molecule has 0 saturated heterocycles. The number of para-hydroxylation sites is 4. The monoisotopic (exact) mass is 745 g/mol. The molecule has 0 atom stereocenters. The lowest BCUT2D eigenvalue weighted by atomic mass is 9.93. The predicted molar refractivity (Wildman–Crippen MR) is 223 cm³/mol. The SMILES string of the molecule is FC(F)(F)c1ccn2c(-c3cc(-c4ccc5c(c4)c4ccccc4n5-c4ccccc4)cc(-c4ccc5c(c4)c4ccccc4n5-c4ccccc4)c3)cnc2n1. The molecule has 0 aliphatic carbocycles. The third kappa shape index (κ3) is 5.33. The van der Waals surface area contributed by atoms with Crippen molar-refractivity contribution in [2.24, 2.45) is 0 Å². The summed E-state index contributed by atoms with van der Waals surface area (Å²) in [5, 5.41) is 4.52. The lowest BCUT2D eigenvalue weighted by Gasteiger charge is -2.13. The maximum absolute atomic E-state index is 13.6. The summed E-state index contributed by atoms with van der Waals surface area (Å²) in [6.07, 6.45) is -1.58. The van der Waals surface area contributed by atoms with Crippen molar-refractivity contribution in [3.05, 3.63) is 188 Å². The van der Waals surface area contributed by atoms with Crippen LogP contribution in [-0.4, -0.2) is 23.5 Å². The van der Waals surface area contributed by atoms with Gasteiger partial charge in [0, 0.05) is 44.7 Å². The smallest absolute Gasteiger partial charge is 0.309 e. The molecule has 272 valence electrons. The number of hydrogen-bond acceptors (Lipinski definition) is 2. The second kappa shape index (κ2) is 12.5. The second-order valence-electron chi connectivity index (χ2n) is 14.3. The average Bonchev–Trinajstić information content (AvgIpc) is 3.93. The lowest BCUT2D eigenvalue weighted by molar-refractivity contribution is -0.141. The first-order valence-electron chi connectivity index (χ1n) is 18.6. The number of halogens is 3. The summed E-state index contributed by atoms with van der Waals surface area (Å²) in [7, 11) is 0. The number of hydrogen-bond donors (Lipinski definition) is 0. The Bertz CT molecular complexity index is 3160. The molecule has 0 saturated carbocycles. The normalized spacial score (nSPS) is 12.1. The fourth-order valence-corrected chi connectivity index (χ4v) is 8.37. The van der Waals surface area contributed by atoms with Crippen molar-refractivity contribution in [2.45, 2.75) is 6.18 Å². The highest BCUT2D eigenvalue weighted by Crippen LogP contribution is 2.40. The summed E-state index contributed by atoms with van der Waals surface area (Å²) in [5.74, 6) is -0.0166. The maximum Gasteiger partial charge on any atom is 0.433 e. The van der Waals surface area contributed by atoms with Crippen LogP contribution in [0.15, 0.2) is 182 Å². The Labute approximate surface area is 324 Å². The Morgan fingerprint density at radius 1 is 0.421 bits per heavy atom. The largest absolute Gasteiger partial charge is 0.433 e. The number of nitrogens with zero attached hydrogens (tertiary/aromatic N) is 5. The van der Waals surface area contributed by atoms with Crippen molar-refractivity contribution in [1.82, 2.24) is 23.5 Å². The Morgan fingerprint density at radius 2 is 0.895 bits per heavy atom. The molecule has 0 aliphatic rings. The highest BCUT2D eigenvalue weighted by Gasteiger charge is 2.33. The quantitative estimate of drug-likeness (QED) is 0.176. The number of aromatic nitrogens is 5. The summed E-state index contributed by atoms with van der Waals surface area (Å²) < 4.78 is 47.1. The Balaban J connectivity index is 1.14. The fourth-order valence-electron chi connectivity index (χ4n) is 8.37. The molecule has 0 radical (unpaired) electrons. The van der Waals surface area contributed by atoms with Gasteiger partial charge < -0.3 is 9.13 Å². The molecule has 8 heteroatoms. The maximum atomic E-state index is 13.6. The molecule has 7 aromatic carbocycles. The van der Waals surface area contributed by atoms with Gasteiger partial charge in [0.25, 0.3) is 0 Å². The number of imidazole rings is 1. The number of alkyl halides is 3. The minimum absolute atomic E-state index is 0.0166. The molecule has 11 rings (SSSR count). The Morgan fingerprint density at radius 3 is 1.42 bits per heavy atom. The second-order valence-corrected chi connectivity index (χ2v) is 14.3. The Hall–Kier alpha value is -7.45. The first-order chi connectivity index (χ1) is 27.9. The van der Waals surface area contributed by atoms with E-state index in [9.17, 15) is 13.2 Å². The van der Waals surface area contributed by atoms with Crippen molar-refractivity contribution in [3.63, 3.8) is 0 Å². The summed E-state index contributed by atoms with van der Waals surface area (Å²) in [5.41, 5.74) is 11.0. The zero-order valence-corrected chi connectivity index (χ0v) is 30.2. The summed E-state index contributed by atoms with van der Waals surface area (Å²) in [4.78, 5) is 8.19. The molecule has 11 aromatic rings. The summed E-state index contributed by atoms with van der Waals surface area (Å²) in [6, 6.07) is 58.1. The van der Waals surface area contributed by atoms with Crippen LogP contribution in [0, 0.1) is 0 Å². The molecule has 0 spiro atoms. The van der Waals surface area contributed by atoms with E-state index in [1.165, 1.54) is 6.20 Å². The van der Waals surface area contributed by atoms with E-state index >= 15 is 0 Å². The van der Waals surface area contributed by atoms with E-state index in [-0.39, 0.29) is 5.78 Å². The Kier molecular flexibility index (Phi) is 7.25. The molecule has 0 fully saturated rings. The molecular weight excluding hydrogens is 716 g/mol. The third-order valence-electron chi connectivity index (χ3n) is 10.9. The van der Waals surface area contributed by atoms with E-state index in [0.29, 0.717) is 5.69 Å². The predicted octanol–water partition coefficient (Wildman–Crippen LogP) is 12.9. The molecule has 0 bridgehead atoms. The van der Waals surface area contributed by atoms with Crippen molar-refractivity contribution in [3.8, 4) is 44.9 Å². The van der Waals surface area contributed by atoms with Crippen molar-refractivity contribution >= 4 is 49.4 Å². The molecule has 0 N–H and O–H groups in total. The van der Waals surface area contributed by atoms with Gasteiger partial charge in [-0.1, -0.05) is 84.9 Å². The lowest BCUT2D eigenvalue weighted by Crippen LogP contribution is -2.09. The van der Waals surface area contributed by atoms with Crippen LogP contribution < -0.4 is 0 Å². The van der Waals surface area contributed by atoms with Gasteiger partial charge in [-0.3, -0.25) is 4.40 Å². The first-order valence-corrected chi connectivity index (χ1v) is 18.6. The van der Waals surface area contributed by atoms with Crippen LogP contribution in [0.1, 0.15) is 5.69 Å². The van der Waals surface area contributed by atoms with Gasteiger partial charge in [-0.05, 0) is 107 Å². The van der Waals surface area contributed by atoms with E-state index in [2.05, 4.69) is 146 Å². The number of fused-ring (bicyclic) bond motifs is 7. The van der Waals surface area contributed by atoms with Crippen LogP contribution >= 0.6 is 0 Å². The molecule has 0 aliphatic heterocycles. The van der Waals surface area contributed by atoms with Crippen molar-refractivity contribution in [2.75, 3.05) is 0 Å². The third-order valence-corrected chi connectivity index (χ3v) is 10.9. The molecule has 0 amide bonds. The van der Waals surface area contributed by atoms with E-state index in [4.69, 9.17) is 0 Å². The van der Waals surface area contributed by atoms with Crippen LogP contribution in [0.4, 0.5) is 13.2 Å². The van der Waals surface area contributed by atoms with Crippen LogP contribution in [0.2, 0.25) is 0 Å². The zero-order valence-electron chi connectivity index (χ0n) is 30.2. The molecular formula is C49H30F3N5. The minimum Gasteiger partial charge on any atom is -0.309 e. The zero-order chi connectivity index (χ0) is 38.3. The minimum atomic E-state index is -4.58. The topological polar surface area (TPSA) is 40.0 Å². The van der Waals surface area contributed by atoms with Crippen LogP contribution in [0.3, 0.4) is 0 Å². The fraction of sp³-hybridized carbons (Fsp3) is 0.0204. The van der Waals surface area contributed by atoms with E-state index in [1.54, 1.807) is 10.6 Å². The van der Waals surface area contributed by atoms with Gasteiger partial charge in [0.2, 0.25) is 5.78 Å². The molecule has 57 heavy (non-hydrogen) atoms. The van der Waals surface area contributed by atoms with Gasteiger partial charge in [-0.15, -0.1) is 0 Å². The highest BCUT2D eigenvalue weighted by molar-refractivity contribution is 6.12. The van der Waals surface area contributed by atoms with Gasteiger partial charge in [0.15, 0.2) is 0 Å². The molecule has 0 unspecified atom stereocenters.